The van der Waals surface area contributed by atoms with Gasteiger partial charge in [0.05, 0.1) is 0 Å². The maximum absolute atomic E-state index is 13.1. The minimum atomic E-state index is -0.942. The molecule has 3 rings (SSSR count). The van der Waals surface area contributed by atoms with E-state index in [2.05, 4.69) is 4.98 Å². The molecule has 20 heavy (non-hydrogen) atoms. The number of thioether (sulfide) groups is 1. The van der Waals surface area contributed by atoms with E-state index < -0.39 is 11.6 Å². The number of halogens is 3. The van der Waals surface area contributed by atoms with Gasteiger partial charge in [-0.2, -0.15) is 0 Å². The van der Waals surface area contributed by atoms with E-state index in [9.17, 15) is 8.78 Å². The van der Waals surface area contributed by atoms with E-state index in [0.717, 1.165) is 17.7 Å². The molecule has 0 radical (unpaired) electrons. The van der Waals surface area contributed by atoms with Gasteiger partial charge in [-0.1, -0.05) is 35.5 Å². The lowest BCUT2D eigenvalue weighted by Crippen LogP contribution is -1.82. The molecule has 0 atom stereocenters. The number of nitrogens with zero attached hydrogens (tertiary/aromatic N) is 1. The second-order valence-corrected chi connectivity index (χ2v) is 5.49. The fourth-order valence-corrected chi connectivity index (χ4v) is 2.61. The normalized spacial score (nSPS) is 11.2. The SMILES string of the molecule is Fc1cc2nc(SCc3ccc(Cl)cc3)oc2cc1F. The molecule has 1 aromatic heterocycles. The molecule has 0 aliphatic heterocycles. The molecule has 102 valence electrons. The van der Waals surface area contributed by atoms with Crippen molar-refractivity contribution in [2.45, 2.75) is 11.0 Å². The summed E-state index contributed by atoms with van der Waals surface area (Å²) in [6.07, 6.45) is 0. The lowest BCUT2D eigenvalue weighted by molar-refractivity contribution is 0.481. The Morgan fingerprint density at radius 3 is 2.55 bits per heavy atom. The third kappa shape index (κ3) is 2.78. The summed E-state index contributed by atoms with van der Waals surface area (Å²) in [5, 5.41) is 1.05. The highest BCUT2D eigenvalue weighted by molar-refractivity contribution is 7.98. The minimum Gasteiger partial charge on any atom is -0.431 e. The zero-order chi connectivity index (χ0) is 14.1. The van der Waals surface area contributed by atoms with Crippen LogP contribution in [0.15, 0.2) is 46.0 Å². The van der Waals surface area contributed by atoms with Gasteiger partial charge in [-0.15, -0.1) is 0 Å². The Labute approximate surface area is 122 Å². The highest BCUT2D eigenvalue weighted by Gasteiger charge is 2.11. The number of rotatable bonds is 3. The molecule has 0 spiro atoms. The van der Waals surface area contributed by atoms with Gasteiger partial charge in [0.1, 0.15) is 5.52 Å². The number of hydrogen-bond donors (Lipinski definition) is 0. The van der Waals surface area contributed by atoms with Gasteiger partial charge in [-0.3, -0.25) is 0 Å². The summed E-state index contributed by atoms with van der Waals surface area (Å²) >= 11 is 7.15. The molecule has 6 heteroatoms. The van der Waals surface area contributed by atoms with Gasteiger partial charge in [-0.05, 0) is 17.7 Å². The molecule has 0 fully saturated rings. The highest BCUT2D eigenvalue weighted by Crippen LogP contribution is 2.27. The average molecular weight is 312 g/mol. The zero-order valence-electron chi connectivity index (χ0n) is 10.1. The van der Waals surface area contributed by atoms with Crippen molar-refractivity contribution >= 4 is 34.5 Å². The standard InChI is InChI=1S/C14H8ClF2NOS/c15-9-3-1-8(2-4-9)7-20-14-18-12-5-10(16)11(17)6-13(12)19-14/h1-6H,7H2. The van der Waals surface area contributed by atoms with Crippen LogP contribution in [0.5, 0.6) is 0 Å². The van der Waals surface area contributed by atoms with Gasteiger partial charge >= 0.3 is 0 Å². The predicted octanol–water partition coefficient (Wildman–Crippen LogP) is 5.05. The molecule has 0 saturated carbocycles. The first-order chi connectivity index (χ1) is 9.61. The Kier molecular flexibility index (Phi) is 3.63. The van der Waals surface area contributed by atoms with E-state index in [1.807, 2.05) is 12.1 Å². The molecular weight excluding hydrogens is 304 g/mol. The molecule has 0 amide bonds. The van der Waals surface area contributed by atoms with Crippen LogP contribution in [0, 0.1) is 11.6 Å². The van der Waals surface area contributed by atoms with Crippen molar-refractivity contribution in [1.82, 2.24) is 4.98 Å². The number of benzene rings is 2. The molecule has 0 bridgehead atoms. The average Bonchev–Trinajstić information content (AvgIpc) is 2.80. The van der Waals surface area contributed by atoms with Crippen LogP contribution in [-0.2, 0) is 5.75 Å². The highest BCUT2D eigenvalue weighted by atomic mass is 35.5. The van der Waals surface area contributed by atoms with Crippen molar-refractivity contribution in [2.75, 3.05) is 0 Å². The van der Waals surface area contributed by atoms with Crippen LogP contribution in [0.4, 0.5) is 8.78 Å². The lowest BCUT2D eigenvalue weighted by atomic mass is 10.2. The second-order valence-electron chi connectivity index (χ2n) is 4.13. The number of fused-ring (bicyclic) bond motifs is 1. The molecule has 0 aliphatic carbocycles. The van der Waals surface area contributed by atoms with Crippen LogP contribution < -0.4 is 0 Å². The Bertz CT molecular complexity index is 719. The molecular formula is C14H8ClF2NOS. The largest absolute Gasteiger partial charge is 0.431 e. The molecule has 2 nitrogen and oxygen atoms in total. The summed E-state index contributed by atoms with van der Waals surface area (Å²) in [4.78, 5) is 4.11. The van der Waals surface area contributed by atoms with E-state index in [4.69, 9.17) is 16.0 Å². The molecule has 0 unspecified atom stereocenters. The number of aromatic nitrogens is 1. The summed E-state index contributed by atoms with van der Waals surface area (Å²) in [5.41, 5.74) is 1.60. The predicted molar refractivity (Wildman–Crippen MR) is 74.9 cm³/mol. The van der Waals surface area contributed by atoms with Crippen LogP contribution in [0.3, 0.4) is 0 Å². The molecule has 3 aromatic rings. The van der Waals surface area contributed by atoms with E-state index in [0.29, 0.717) is 21.5 Å². The molecule has 0 aliphatic rings. The van der Waals surface area contributed by atoms with Crippen molar-refractivity contribution in [3.8, 4) is 0 Å². The molecule has 0 N–H and O–H groups in total. The number of hydrogen-bond acceptors (Lipinski definition) is 3. The quantitative estimate of drug-likeness (QED) is 0.633. The maximum atomic E-state index is 13.1. The van der Waals surface area contributed by atoms with Crippen LogP contribution in [0.25, 0.3) is 11.1 Å². The topological polar surface area (TPSA) is 26.0 Å². The Hall–Kier alpha value is -1.59. The van der Waals surface area contributed by atoms with Gasteiger partial charge in [0.25, 0.3) is 5.22 Å². The van der Waals surface area contributed by atoms with Crippen molar-refractivity contribution in [3.63, 3.8) is 0 Å². The van der Waals surface area contributed by atoms with Crippen molar-refractivity contribution in [1.29, 1.82) is 0 Å². The molecule has 2 aromatic carbocycles. The van der Waals surface area contributed by atoms with E-state index in [1.165, 1.54) is 11.8 Å². The third-order valence-electron chi connectivity index (χ3n) is 2.69. The maximum Gasteiger partial charge on any atom is 0.257 e. The van der Waals surface area contributed by atoms with Gasteiger partial charge in [0, 0.05) is 22.9 Å². The fourth-order valence-electron chi connectivity index (χ4n) is 1.69. The van der Waals surface area contributed by atoms with Gasteiger partial charge in [0.15, 0.2) is 17.2 Å². The Morgan fingerprint density at radius 2 is 1.80 bits per heavy atom. The van der Waals surface area contributed by atoms with Crippen molar-refractivity contribution < 1.29 is 13.2 Å². The smallest absolute Gasteiger partial charge is 0.257 e. The third-order valence-corrected chi connectivity index (χ3v) is 3.84. The zero-order valence-corrected chi connectivity index (χ0v) is 11.6. The monoisotopic (exact) mass is 311 g/mol. The van der Waals surface area contributed by atoms with Gasteiger partial charge < -0.3 is 4.42 Å². The summed E-state index contributed by atoms with van der Waals surface area (Å²) in [7, 11) is 0. The van der Waals surface area contributed by atoms with Crippen LogP contribution >= 0.6 is 23.4 Å². The fraction of sp³-hybridized carbons (Fsp3) is 0.0714. The van der Waals surface area contributed by atoms with E-state index >= 15 is 0 Å². The number of oxazole rings is 1. The van der Waals surface area contributed by atoms with Crippen LogP contribution in [0.1, 0.15) is 5.56 Å². The second kappa shape index (κ2) is 5.42. The minimum absolute atomic E-state index is 0.238. The summed E-state index contributed by atoms with van der Waals surface area (Å²) in [5.74, 6) is -1.24. The summed E-state index contributed by atoms with van der Waals surface area (Å²) in [6.45, 7) is 0. The van der Waals surface area contributed by atoms with Crippen molar-refractivity contribution in [2.24, 2.45) is 0 Å². The van der Waals surface area contributed by atoms with Gasteiger partial charge in [-0.25, -0.2) is 13.8 Å². The molecule has 1 heterocycles. The summed E-state index contributed by atoms with van der Waals surface area (Å²) < 4.78 is 31.5. The van der Waals surface area contributed by atoms with E-state index in [-0.39, 0.29) is 5.58 Å². The van der Waals surface area contributed by atoms with Crippen LogP contribution in [0.2, 0.25) is 5.02 Å². The van der Waals surface area contributed by atoms with E-state index in [1.54, 1.807) is 12.1 Å². The van der Waals surface area contributed by atoms with Gasteiger partial charge in [0.2, 0.25) is 0 Å². The van der Waals surface area contributed by atoms with Crippen molar-refractivity contribution in [3.05, 3.63) is 58.6 Å². The molecule has 0 saturated heterocycles. The lowest BCUT2D eigenvalue weighted by Gasteiger charge is -1.98. The Balaban J connectivity index is 1.79. The first-order valence-electron chi connectivity index (χ1n) is 5.74. The summed E-state index contributed by atoms with van der Waals surface area (Å²) in [6, 6.07) is 9.43. The van der Waals surface area contributed by atoms with Crippen LogP contribution in [-0.4, -0.2) is 4.98 Å². The first-order valence-corrected chi connectivity index (χ1v) is 7.11. The first kappa shape index (κ1) is 13.4. The Morgan fingerprint density at radius 1 is 1.10 bits per heavy atom.